The Morgan fingerprint density at radius 2 is 1.64 bits per heavy atom. The molecule has 2 aromatic carbocycles. The number of hydrogen-bond donors (Lipinski definition) is 1. The second-order valence-electron chi connectivity index (χ2n) is 8.86. The summed E-state index contributed by atoms with van der Waals surface area (Å²) >= 11 is 0. The van der Waals surface area contributed by atoms with Crippen LogP contribution < -0.4 is 14.4 Å². The van der Waals surface area contributed by atoms with E-state index in [0.29, 0.717) is 30.8 Å². The molecule has 1 N–H and O–H groups in total. The number of benzene rings is 2. The zero-order valence-corrected chi connectivity index (χ0v) is 22.8. The summed E-state index contributed by atoms with van der Waals surface area (Å²) in [7, 11) is -2.12. The maximum atomic E-state index is 13.5. The molecule has 0 saturated carbocycles. The zero-order chi connectivity index (χ0) is 26.7. The molecule has 0 spiro atoms. The molecule has 0 bridgehead atoms. The molecule has 198 valence electrons. The van der Waals surface area contributed by atoms with E-state index in [9.17, 15) is 18.0 Å². The van der Waals surface area contributed by atoms with Crippen molar-refractivity contribution in [3.63, 3.8) is 0 Å². The summed E-state index contributed by atoms with van der Waals surface area (Å²) in [6.45, 7) is 6.23. The lowest BCUT2D eigenvalue weighted by Gasteiger charge is -2.32. The number of hydrogen-bond acceptors (Lipinski definition) is 5. The van der Waals surface area contributed by atoms with Gasteiger partial charge in [0, 0.05) is 25.6 Å². The van der Waals surface area contributed by atoms with Crippen molar-refractivity contribution in [2.45, 2.75) is 65.1 Å². The second kappa shape index (κ2) is 13.9. The third-order valence-electron chi connectivity index (χ3n) is 6.09. The Kier molecular flexibility index (Phi) is 11.2. The van der Waals surface area contributed by atoms with Crippen LogP contribution in [0.15, 0.2) is 54.6 Å². The van der Waals surface area contributed by atoms with E-state index in [1.807, 2.05) is 51.1 Å². The fraction of sp³-hybridized carbons (Fsp3) is 0.481. The summed E-state index contributed by atoms with van der Waals surface area (Å²) in [6, 6.07) is 15.8. The lowest BCUT2D eigenvalue weighted by molar-refractivity contribution is -0.141. The topological polar surface area (TPSA) is 96.0 Å². The Bertz CT molecular complexity index is 1090. The maximum absolute atomic E-state index is 13.5. The van der Waals surface area contributed by atoms with Gasteiger partial charge in [-0.1, -0.05) is 56.3 Å². The number of carbonyl (C=O) groups is 2. The van der Waals surface area contributed by atoms with Gasteiger partial charge in [-0.2, -0.15) is 0 Å². The number of rotatable bonds is 14. The fourth-order valence-corrected chi connectivity index (χ4v) is 4.93. The van der Waals surface area contributed by atoms with Gasteiger partial charge in [-0.15, -0.1) is 0 Å². The smallest absolute Gasteiger partial charge is 0.243 e. The molecule has 2 aromatic rings. The molecule has 0 aliphatic carbocycles. The molecule has 0 heterocycles. The van der Waals surface area contributed by atoms with Crippen LogP contribution in [-0.4, -0.2) is 57.1 Å². The van der Waals surface area contributed by atoms with Crippen LogP contribution in [0.1, 0.15) is 52.0 Å². The van der Waals surface area contributed by atoms with Gasteiger partial charge in [0.05, 0.1) is 19.1 Å². The van der Waals surface area contributed by atoms with Crippen LogP contribution in [0.3, 0.4) is 0 Å². The number of amides is 2. The summed E-state index contributed by atoms with van der Waals surface area (Å²) in [4.78, 5) is 28.1. The van der Waals surface area contributed by atoms with Crippen molar-refractivity contribution in [1.29, 1.82) is 0 Å². The van der Waals surface area contributed by atoms with Crippen molar-refractivity contribution >= 4 is 27.5 Å². The number of sulfonamides is 1. The molecule has 0 saturated heterocycles. The van der Waals surface area contributed by atoms with Gasteiger partial charge in [0.1, 0.15) is 11.8 Å². The van der Waals surface area contributed by atoms with Crippen LogP contribution in [-0.2, 0) is 26.2 Å². The maximum Gasteiger partial charge on any atom is 0.243 e. The van der Waals surface area contributed by atoms with E-state index in [2.05, 4.69) is 5.32 Å². The quantitative estimate of drug-likeness (QED) is 0.409. The lowest BCUT2D eigenvalue weighted by Crippen LogP contribution is -2.50. The number of para-hydroxylation sites is 2. The highest BCUT2D eigenvalue weighted by Crippen LogP contribution is 2.29. The molecule has 2 amide bonds. The van der Waals surface area contributed by atoms with Gasteiger partial charge in [-0.05, 0) is 43.9 Å². The van der Waals surface area contributed by atoms with E-state index in [-0.39, 0.29) is 30.8 Å². The molecular formula is C27H39N3O5S. The second-order valence-corrected chi connectivity index (χ2v) is 10.8. The first-order valence-corrected chi connectivity index (χ1v) is 14.2. The van der Waals surface area contributed by atoms with Gasteiger partial charge in [0.15, 0.2) is 0 Å². The average Bonchev–Trinajstić information content (AvgIpc) is 2.86. The van der Waals surface area contributed by atoms with Crippen molar-refractivity contribution in [1.82, 2.24) is 10.2 Å². The molecule has 0 aromatic heterocycles. The summed E-state index contributed by atoms with van der Waals surface area (Å²) in [6.07, 6.45) is 2.78. The molecule has 9 heteroatoms. The predicted octanol–water partition coefficient (Wildman–Crippen LogP) is 3.96. The van der Waals surface area contributed by atoms with E-state index >= 15 is 0 Å². The number of nitrogens with zero attached hydrogens (tertiary/aromatic N) is 2. The van der Waals surface area contributed by atoms with Gasteiger partial charge in [0.25, 0.3) is 0 Å². The SMILES string of the molecule is CC[C@@H](C)NC(=O)[C@H](CC)N(Cc1ccccc1)C(=O)CCCN(c1ccccc1OC)S(C)(=O)=O. The monoisotopic (exact) mass is 517 g/mol. The summed E-state index contributed by atoms with van der Waals surface area (Å²) in [5, 5.41) is 3.00. The Balaban J connectivity index is 2.22. The molecular weight excluding hydrogens is 478 g/mol. The minimum atomic E-state index is -3.60. The molecule has 8 nitrogen and oxygen atoms in total. The van der Waals surface area contributed by atoms with E-state index in [0.717, 1.165) is 18.2 Å². The molecule has 0 fully saturated rings. The average molecular weight is 518 g/mol. The highest BCUT2D eigenvalue weighted by Gasteiger charge is 2.29. The number of carbonyl (C=O) groups excluding carboxylic acids is 2. The van der Waals surface area contributed by atoms with E-state index in [4.69, 9.17) is 4.74 Å². The summed E-state index contributed by atoms with van der Waals surface area (Å²) in [5.41, 5.74) is 1.35. The van der Waals surface area contributed by atoms with Crippen molar-refractivity contribution < 1.29 is 22.7 Å². The first-order chi connectivity index (χ1) is 17.1. The van der Waals surface area contributed by atoms with E-state index < -0.39 is 16.1 Å². The molecule has 0 unspecified atom stereocenters. The Morgan fingerprint density at radius 3 is 2.22 bits per heavy atom. The molecule has 2 atom stereocenters. The number of methoxy groups -OCH3 is 1. The first kappa shape index (κ1) is 29.2. The fourth-order valence-electron chi connectivity index (χ4n) is 3.96. The van der Waals surface area contributed by atoms with Crippen molar-refractivity contribution in [2.75, 3.05) is 24.2 Å². The van der Waals surface area contributed by atoms with Crippen molar-refractivity contribution in [3.05, 3.63) is 60.2 Å². The molecule has 36 heavy (non-hydrogen) atoms. The Morgan fingerprint density at radius 1 is 1.00 bits per heavy atom. The van der Waals surface area contributed by atoms with Crippen LogP contribution in [0.2, 0.25) is 0 Å². The third-order valence-corrected chi connectivity index (χ3v) is 7.27. The van der Waals surface area contributed by atoms with Gasteiger partial charge in [0.2, 0.25) is 21.8 Å². The predicted molar refractivity (Wildman–Crippen MR) is 143 cm³/mol. The van der Waals surface area contributed by atoms with Gasteiger partial charge in [-0.3, -0.25) is 13.9 Å². The van der Waals surface area contributed by atoms with Crippen LogP contribution >= 0.6 is 0 Å². The summed E-state index contributed by atoms with van der Waals surface area (Å²) in [5.74, 6) is 0.0640. The first-order valence-electron chi connectivity index (χ1n) is 12.4. The number of ether oxygens (including phenoxy) is 1. The third kappa shape index (κ3) is 8.26. The number of anilines is 1. The molecule has 2 rings (SSSR count). The van der Waals surface area contributed by atoms with Crippen LogP contribution in [0, 0.1) is 0 Å². The van der Waals surface area contributed by atoms with E-state index in [1.165, 1.54) is 11.4 Å². The standard InChI is InChI=1S/C27H39N3O5S/c1-6-21(3)28-27(32)23(7-2)29(20-22-14-9-8-10-15-22)26(31)18-13-19-30(36(5,33)34)24-16-11-12-17-25(24)35-4/h8-12,14-17,21,23H,6-7,13,18-20H2,1-5H3,(H,28,32)/t21-,23+/m1/s1. The minimum Gasteiger partial charge on any atom is -0.495 e. The van der Waals surface area contributed by atoms with Crippen LogP contribution in [0.25, 0.3) is 0 Å². The highest BCUT2D eigenvalue weighted by atomic mass is 32.2. The number of nitrogens with one attached hydrogen (secondary N) is 1. The van der Waals surface area contributed by atoms with Crippen molar-refractivity contribution in [2.24, 2.45) is 0 Å². The van der Waals surface area contributed by atoms with Gasteiger partial charge in [-0.25, -0.2) is 8.42 Å². The van der Waals surface area contributed by atoms with Crippen molar-refractivity contribution in [3.8, 4) is 5.75 Å². The Hall–Kier alpha value is -3.07. The summed E-state index contributed by atoms with van der Waals surface area (Å²) < 4.78 is 31.7. The van der Waals surface area contributed by atoms with Gasteiger partial charge < -0.3 is 15.0 Å². The zero-order valence-electron chi connectivity index (χ0n) is 21.9. The highest BCUT2D eigenvalue weighted by molar-refractivity contribution is 7.92. The Labute approximate surface area is 215 Å². The molecule has 0 aliphatic rings. The normalized spacial score (nSPS) is 12.9. The van der Waals surface area contributed by atoms with Crippen LogP contribution in [0.4, 0.5) is 5.69 Å². The lowest BCUT2D eigenvalue weighted by atomic mass is 10.1. The van der Waals surface area contributed by atoms with Gasteiger partial charge >= 0.3 is 0 Å². The largest absolute Gasteiger partial charge is 0.495 e. The van der Waals surface area contributed by atoms with E-state index in [1.54, 1.807) is 29.2 Å². The van der Waals surface area contributed by atoms with Crippen LogP contribution in [0.5, 0.6) is 5.75 Å². The molecule has 0 aliphatic heterocycles. The minimum absolute atomic E-state index is 0.00407. The molecule has 0 radical (unpaired) electrons.